The third-order valence-corrected chi connectivity index (χ3v) is 5.16. The van der Waals surface area contributed by atoms with Crippen molar-refractivity contribution in [3.8, 4) is 5.69 Å². The number of hydrogen-bond acceptors (Lipinski definition) is 3. The number of amides is 1. The van der Waals surface area contributed by atoms with Gasteiger partial charge in [-0.25, -0.2) is 9.07 Å². The molecule has 1 aromatic heterocycles. The average molecular weight is 373 g/mol. The number of aromatic nitrogens is 2. The van der Waals surface area contributed by atoms with Gasteiger partial charge in [0.1, 0.15) is 5.82 Å². The Balaban J connectivity index is 1.90. The Morgan fingerprint density at radius 1 is 1.26 bits per heavy atom. The summed E-state index contributed by atoms with van der Waals surface area (Å²) in [7, 11) is 0. The van der Waals surface area contributed by atoms with Crippen molar-refractivity contribution in [2.24, 2.45) is 11.8 Å². The van der Waals surface area contributed by atoms with E-state index < -0.39 is 11.9 Å². The molecule has 0 spiro atoms. The topological polar surface area (TPSA) is 75.4 Å². The molecule has 1 amide bonds. The van der Waals surface area contributed by atoms with Crippen molar-refractivity contribution in [3.05, 3.63) is 47.5 Å². The molecule has 0 radical (unpaired) electrons. The summed E-state index contributed by atoms with van der Waals surface area (Å²) < 4.78 is 14.9. The summed E-state index contributed by atoms with van der Waals surface area (Å²) in [5.74, 6) is -1.76. The second-order valence-corrected chi connectivity index (χ2v) is 7.45. The summed E-state index contributed by atoms with van der Waals surface area (Å²) in [6, 6.07) is 5.98. The summed E-state index contributed by atoms with van der Waals surface area (Å²) >= 11 is 0. The molecule has 1 aliphatic rings. The van der Waals surface area contributed by atoms with E-state index in [-0.39, 0.29) is 23.6 Å². The summed E-state index contributed by atoms with van der Waals surface area (Å²) in [5, 5.41) is 13.6. The van der Waals surface area contributed by atoms with Crippen LogP contribution in [0.2, 0.25) is 0 Å². The Hall–Kier alpha value is -2.70. The van der Waals surface area contributed by atoms with Crippen LogP contribution in [-0.2, 0) is 4.79 Å². The number of halogens is 1. The van der Waals surface area contributed by atoms with Gasteiger partial charge >= 0.3 is 5.97 Å². The number of likely N-dealkylation sites (tertiary alicyclic amines) is 1. The number of carbonyl (C=O) groups is 2. The van der Waals surface area contributed by atoms with Gasteiger partial charge in [-0.3, -0.25) is 9.59 Å². The van der Waals surface area contributed by atoms with Crippen LogP contribution in [0.25, 0.3) is 5.69 Å². The number of benzene rings is 1. The molecule has 2 atom stereocenters. The fourth-order valence-corrected chi connectivity index (χ4v) is 3.73. The first-order chi connectivity index (χ1) is 12.8. The highest BCUT2D eigenvalue weighted by Gasteiger charge is 2.34. The van der Waals surface area contributed by atoms with E-state index in [0.717, 1.165) is 5.69 Å². The van der Waals surface area contributed by atoms with E-state index in [1.54, 1.807) is 27.9 Å². The minimum absolute atomic E-state index is 0.0329. The van der Waals surface area contributed by atoms with Crippen molar-refractivity contribution < 1.29 is 19.1 Å². The van der Waals surface area contributed by atoms with Gasteiger partial charge < -0.3 is 10.0 Å². The molecule has 1 aliphatic heterocycles. The molecule has 1 fully saturated rings. The second kappa shape index (κ2) is 7.50. The molecule has 1 saturated heterocycles. The normalized spacial score (nSPS) is 20.1. The number of aliphatic carboxylic acids is 1. The molecule has 27 heavy (non-hydrogen) atoms. The fraction of sp³-hybridized carbons (Fsp3) is 0.450. The van der Waals surface area contributed by atoms with Crippen LogP contribution < -0.4 is 0 Å². The average Bonchev–Trinajstić information content (AvgIpc) is 3.06. The quantitative estimate of drug-likeness (QED) is 0.892. The Morgan fingerprint density at radius 2 is 1.93 bits per heavy atom. The summed E-state index contributed by atoms with van der Waals surface area (Å²) in [6.07, 6.45) is 2.00. The van der Waals surface area contributed by atoms with Crippen LogP contribution in [-0.4, -0.2) is 44.8 Å². The van der Waals surface area contributed by atoms with Crippen LogP contribution in [0.4, 0.5) is 4.39 Å². The van der Waals surface area contributed by atoms with Crippen molar-refractivity contribution >= 4 is 11.9 Å². The van der Waals surface area contributed by atoms with Crippen LogP contribution in [0.15, 0.2) is 30.5 Å². The number of piperidine rings is 1. The van der Waals surface area contributed by atoms with Gasteiger partial charge in [0.25, 0.3) is 5.91 Å². The summed E-state index contributed by atoms with van der Waals surface area (Å²) in [5.41, 5.74) is 1.96. The van der Waals surface area contributed by atoms with Crippen molar-refractivity contribution in [3.63, 3.8) is 0 Å². The van der Waals surface area contributed by atoms with Gasteiger partial charge in [-0.1, -0.05) is 20.8 Å². The van der Waals surface area contributed by atoms with Gasteiger partial charge in [-0.15, -0.1) is 0 Å². The SMILES string of the molecule is CC(C)c1c(C(=O)N2CCC(C(=O)O)C(C)C2)cnn1-c1ccc(F)cc1. The zero-order valence-electron chi connectivity index (χ0n) is 15.7. The molecule has 2 aromatic rings. The van der Waals surface area contributed by atoms with Gasteiger partial charge in [0.2, 0.25) is 0 Å². The second-order valence-electron chi connectivity index (χ2n) is 7.45. The molecule has 3 rings (SSSR count). The van der Waals surface area contributed by atoms with Crippen molar-refractivity contribution in [2.75, 3.05) is 13.1 Å². The molecule has 2 unspecified atom stereocenters. The smallest absolute Gasteiger partial charge is 0.306 e. The lowest BCUT2D eigenvalue weighted by molar-refractivity contribution is -0.145. The number of rotatable bonds is 4. The van der Waals surface area contributed by atoms with Crippen LogP contribution in [0.3, 0.4) is 0 Å². The minimum Gasteiger partial charge on any atom is -0.481 e. The minimum atomic E-state index is -0.804. The van der Waals surface area contributed by atoms with E-state index in [4.69, 9.17) is 0 Å². The van der Waals surface area contributed by atoms with Gasteiger partial charge in [-0.05, 0) is 42.5 Å². The standard InChI is InChI=1S/C20H24FN3O3/c1-12(2)18-17(10-22-24(18)15-6-4-14(21)5-7-15)19(25)23-9-8-16(20(26)27)13(3)11-23/h4-7,10,12-13,16H,8-9,11H2,1-3H3,(H,26,27). The van der Waals surface area contributed by atoms with Crippen molar-refractivity contribution in [2.45, 2.75) is 33.1 Å². The molecule has 2 heterocycles. The van der Waals surface area contributed by atoms with Gasteiger partial charge in [0.15, 0.2) is 0 Å². The maximum Gasteiger partial charge on any atom is 0.306 e. The summed E-state index contributed by atoms with van der Waals surface area (Å²) in [4.78, 5) is 26.1. The zero-order chi connectivity index (χ0) is 19.7. The van der Waals surface area contributed by atoms with Crippen LogP contribution in [0, 0.1) is 17.7 Å². The van der Waals surface area contributed by atoms with Crippen LogP contribution in [0.1, 0.15) is 49.2 Å². The Kier molecular flexibility index (Phi) is 5.30. The van der Waals surface area contributed by atoms with E-state index in [2.05, 4.69) is 5.10 Å². The monoisotopic (exact) mass is 373 g/mol. The molecule has 1 N–H and O–H groups in total. The maximum atomic E-state index is 13.2. The third kappa shape index (κ3) is 3.72. The number of carboxylic acid groups (broad SMARTS) is 1. The lowest BCUT2D eigenvalue weighted by Gasteiger charge is -2.35. The Morgan fingerprint density at radius 3 is 2.48 bits per heavy atom. The number of nitrogens with zero attached hydrogens (tertiary/aromatic N) is 3. The predicted molar refractivity (Wildman–Crippen MR) is 98.4 cm³/mol. The molecule has 1 aromatic carbocycles. The molecule has 6 nitrogen and oxygen atoms in total. The number of carboxylic acids is 1. The molecular weight excluding hydrogens is 349 g/mol. The highest BCUT2D eigenvalue weighted by Crippen LogP contribution is 2.28. The third-order valence-electron chi connectivity index (χ3n) is 5.16. The van der Waals surface area contributed by atoms with Gasteiger partial charge in [0.05, 0.1) is 29.1 Å². The molecular formula is C20H24FN3O3. The van der Waals surface area contributed by atoms with Crippen LogP contribution in [0.5, 0.6) is 0 Å². The van der Waals surface area contributed by atoms with Crippen molar-refractivity contribution in [1.29, 1.82) is 0 Å². The fourth-order valence-electron chi connectivity index (χ4n) is 3.73. The Bertz CT molecular complexity index is 845. The van der Waals surface area contributed by atoms with Gasteiger partial charge in [-0.2, -0.15) is 5.10 Å². The molecule has 0 saturated carbocycles. The highest BCUT2D eigenvalue weighted by molar-refractivity contribution is 5.95. The van der Waals surface area contributed by atoms with Gasteiger partial charge in [0, 0.05) is 13.1 Å². The van der Waals surface area contributed by atoms with E-state index in [9.17, 15) is 19.1 Å². The molecule has 0 aliphatic carbocycles. The number of carbonyl (C=O) groups excluding carboxylic acids is 1. The largest absolute Gasteiger partial charge is 0.481 e. The lowest BCUT2D eigenvalue weighted by atomic mass is 9.86. The first-order valence-corrected chi connectivity index (χ1v) is 9.15. The maximum absolute atomic E-state index is 13.2. The molecule has 0 bridgehead atoms. The van der Waals surface area contributed by atoms with Crippen LogP contribution >= 0.6 is 0 Å². The Labute approximate surface area is 157 Å². The predicted octanol–water partition coefficient (Wildman–Crippen LogP) is 3.32. The summed E-state index contributed by atoms with van der Waals surface area (Å²) in [6.45, 7) is 6.65. The lowest BCUT2D eigenvalue weighted by Crippen LogP contribution is -2.45. The highest BCUT2D eigenvalue weighted by atomic mass is 19.1. The van der Waals surface area contributed by atoms with E-state index in [0.29, 0.717) is 30.8 Å². The van der Waals surface area contributed by atoms with E-state index in [1.165, 1.54) is 12.1 Å². The number of hydrogen-bond donors (Lipinski definition) is 1. The van der Waals surface area contributed by atoms with E-state index in [1.807, 2.05) is 20.8 Å². The molecule has 7 heteroatoms. The molecule has 144 valence electrons. The first kappa shape index (κ1) is 19.1. The zero-order valence-corrected chi connectivity index (χ0v) is 15.7. The van der Waals surface area contributed by atoms with E-state index >= 15 is 0 Å². The first-order valence-electron chi connectivity index (χ1n) is 9.15. The van der Waals surface area contributed by atoms with Crippen molar-refractivity contribution in [1.82, 2.24) is 14.7 Å².